The lowest BCUT2D eigenvalue weighted by Gasteiger charge is -2.19. The van der Waals surface area contributed by atoms with Crippen LogP contribution in [0.4, 0.5) is 0 Å². The summed E-state index contributed by atoms with van der Waals surface area (Å²) in [5.74, 6) is 0.476. The van der Waals surface area contributed by atoms with E-state index in [1.165, 1.54) is 54.4 Å². The van der Waals surface area contributed by atoms with Crippen LogP contribution in [-0.2, 0) is 0 Å². The average Bonchev–Trinajstić information content (AvgIpc) is 2.62. The van der Waals surface area contributed by atoms with Crippen LogP contribution in [0.2, 0.25) is 0 Å². The molecule has 2 aromatic carbocycles. The van der Waals surface area contributed by atoms with Crippen molar-refractivity contribution in [2.45, 2.75) is 44.9 Å². The molecule has 0 aliphatic carbocycles. The van der Waals surface area contributed by atoms with Crippen LogP contribution in [0, 0.1) is 0 Å². The van der Waals surface area contributed by atoms with Gasteiger partial charge in [0.2, 0.25) is 0 Å². The van der Waals surface area contributed by atoms with Crippen LogP contribution in [0.15, 0.2) is 61.7 Å². The zero-order chi connectivity index (χ0) is 16.5. The second-order valence-electron chi connectivity index (χ2n) is 6.14. The SMILES string of the molecule is C=Cc1ccc(C(CCCCCC)c2ccc(C=C)cc2)cc1. The van der Waals surface area contributed by atoms with Crippen LogP contribution < -0.4 is 0 Å². The van der Waals surface area contributed by atoms with Gasteiger partial charge in [-0.2, -0.15) is 0 Å². The van der Waals surface area contributed by atoms with Crippen molar-refractivity contribution >= 4 is 12.2 Å². The van der Waals surface area contributed by atoms with Gasteiger partial charge in [0.05, 0.1) is 0 Å². The van der Waals surface area contributed by atoms with Crippen LogP contribution in [0.1, 0.15) is 67.2 Å². The molecule has 0 fully saturated rings. The summed E-state index contributed by atoms with van der Waals surface area (Å²) in [6, 6.07) is 17.7. The molecule has 120 valence electrons. The van der Waals surface area contributed by atoms with E-state index in [4.69, 9.17) is 0 Å². The molecule has 0 aliphatic rings. The molecule has 0 heteroatoms. The van der Waals surface area contributed by atoms with Crippen LogP contribution in [0.5, 0.6) is 0 Å². The highest BCUT2D eigenvalue weighted by Crippen LogP contribution is 2.31. The fourth-order valence-electron chi connectivity index (χ4n) is 3.03. The van der Waals surface area contributed by atoms with E-state index in [2.05, 4.69) is 68.6 Å². The Labute approximate surface area is 141 Å². The molecule has 0 amide bonds. The van der Waals surface area contributed by atoms with Crippen molar-refractivity contribution in [2.75, 3.05) is 0 Å². The van der Waals surface area contributed by atoms with E-state index < -0.39 is 0 Å². The number of rotatable bonds is 9. The summed E-state index contributed by atoms with van der Waals surface area (Å²) in [5, 5.41) is 0. The van der Waals surface area contributed by atoms with E-state index in [9.17, 15) is 0 Å². The molecular weight excluding hydrogens is 276 g/mol. The Balaban J connectivity index is 2.21. The molecule has 0 saturated heterocycles. The van der Waals surface area contributed by atoms with Crippen molar-refractivity contribution in [3.8, 4) is 0 Å². The highest BCUT2D eigenvalue weighted by atomic mass is 14.2. The fraction of sp³-hybridized carbons (Fsp3) is 0.304. The first-order chi connectivity index (χ1) is 11.3. The summed E-state index contributed by atoms with van der Waals surface area (Å²) >= 11 is 0. The Kier molecular flexibility index (Phi) is 6.87. The zero-order valence-electron chi connectivity index (χ0n) is 14.3. The molecule has 0 heterocycles. The van der Waals surface area contributed by atoms with Gasteiger partial charge in [-0.3, -0.25) is 0 Å². The van der Waals surface area contributed by atoms with Crippen LogP contribution in [0.25, 0.3) is 12.2 Å². The quantitative estimate of drug-likeness (QED) is 0.434. The minimum atomic E-state index is 0.476. The smallest absolute Gasteiger partial charge is 0.00893 e. The molecule has 0 aromatic heterocycles. The maximum absolute atomic E-state index is 3.84. The van der Waals surface area contributed by atoms with Crippen molar-refractivity contribution in [2.24, 2.45) is 0 Å². The first kappa shape index (κ1) is 17.3. The van der Waals surface area contributed by atoms with E-state index >= 15 is 0 Å². The van der Waals surface area contributed by atoms with Crippen LogP contribution >= 0.6 is 0 Å². The van der Waals surface area contributed by atoms with E-state index in [-0.39, 0.29) is 0 Å². The first-order valence-electron chi connectivity index (χ1n) is 8.73. The Morgan fingerprint density at radius 1 is 0.739 bits per heavy atom. The standard InChI is InChI=1S/C23H28/c1-4-7-8-9-10-23(21-15-11-19(5-2)12-16-21)22-17-13-20(6-3)14-18-22/h5-6,11-18,23H,2-4,7-10H2,1H3. The second kappa shape index (κ2) is 9.15. The van der Waals surface area contributed by atoms with E-state index in [0.29, 0.717) is 5.92 Å². The third-order valence-corrected chi connectivity index (χ3v) is 4.50. The van der Waals surface area contributed by atoms with Crippen LogP contribution in [0.3, 0.4) is 0 Å². The molecule has 0 aliphatic heterocycles. The molecule has 2 rings (SSSR count). The van der Waals surface area contributed by atoms with Gasteiger partial charge in [0.15, 0.2) is 0 Å². The molecule has 0 N–H and O–H groups in total. The highest BCUT2D eigenvalue weighted by molar-refractivity contribution is 5.50. The number of hydrogen-bond acceptors (Lipinski definition) is 0. The molecule has 0 unspecified atom stereocenters. The number of hydrogen-bond donors (Lipinski definition) is 0. The largest absolute Gasteiger partial charge is 0.0985 e. The summed E-state index contributed by atoms with van der Waals surface area (Å²) < 4.78 is 0. The predicted octanol–water partition coefficient (Wildman–Crippen LogP) is 7.07. The predicted molar refractivity (Wildman–Crippen MR) is 104 cm³/mol. The lowest BCUT2D eigenvalue weighted by atomic mass is 9.86. The van der Waals surface area contributed by atoms with Gasteiger partial charge in [0, 0.05) is 5.92 Å². The summed E-state index contributed by atoms with van der Waals surface area (Å²) in [5.41, 5.74) is 5.16. The highest BCUT2D eigenvalue weighted by Gasteiger charge is 2.13. The monoisotopic (exact) mass is 304 g/mol. The lowest BCUT2D eigenvalue weighted by Crippen LogP contribution is -2.02. The van der Waals surface area contributed by atoms with Gasteiger partial charge in [-0.05, 0) is 28.7 Å². The van der Waals surface area contributed by atoms with E-state index in [1.807, 2.05) is 12.2 Å². The minimum Gasteiger partial charge on any atom is -0.0985 e. The summed E-state index contributed by atoms with van der Waals surface area (Å²) in [7, 11) is 0. The molecule has 0 spiro atoms. The topological polar surface area (TPSA) is 0 Å². The molecule has 2 aromatic rings. The average molecular weight is 304 g/mol. The second-order valence-corrected chi connectivity index (χ2v) is 6.14. The lowest BCUT2D eigenvalue weighted by molar-refractivity contribution is 0.596. The summed E-state index contributed by atoms with van der Waals surface area (Å²) in [6.45, 7) is 9.95. The van der Waals surface area contributed by atoms with Gasteiger partial charge < -0.3 is 0 Å². The maximum Gasteiger partial charge on any atom is 0.00893 e. The molecule has 0 radical (unpaired) electrons. The van der Waals surface area contributed by atoms with Gasteiger partial charge in [-0.1, -0.05) is 106 Å². The van der Waals surface area contributed by atoms with Crippen LogP contribution in [-0.4, -0.2) is 0 Å². The molecule has 0 atom stereocenters. The number of unbranched alkanes of at least 4 members (excludes halogenated alkanes) is 3. The summed E-state index contributed by atoms with van der Waals surface area (Å²) in [4.78, 5) is 0. The maximum atomic E-state index is 3.84. The molecule has 0 saturated carbocycles. The van der Waals surface area contributed by atoms with Gasteiger partial charge in [0.1, 0.15) is 0 Å². The van der Waals surface area contributed by atoms with Gasteiger partial charge in [-0.25, -0.2) is 0 Å². The Morgan fingerprint density at radius 2 is 1.22 bits per heavy atom. The van der Waals surface area contributed by atoms with Crippen molar-refractivity contribution in [3.63, 3.8) is 0 Å². The first-order valence-corrected chi connectivity index (χ1v) is 8.73. The van der Waals surface area contributed by atoms with Crippen molar-refractivity contribution < 1.29 is 0 Å². The Morgan fingerprint density at radius 3 is 1.61 bits per heavy atom. The van der Waals surface area contributed by atoms with Gasteiger partial charge in [-0.15, -0.1) is 0 Å². The van der Waals surface area contributed by atoms with Gasteiger partial charge >= 0.3 is 0 Å². The van der Waals surface area contributed by atoms with Crippen molar-refractivity contribution in [1.82, 2.24) is 0 Å². The van der Waals surface area contributed by atoms with Gasteiger partial charge in [0.25, 0.3) is 0 Å². The third kappa shape index (κ3) is 4.96. The fourth-order valence-corrected chi connectivity index (χ4v) is 3.03. The Bertz CT molecular complexity index is 550. The minimum absolute atomic E-state index is 0.476. The number of benzene rings is 2. The third-order valence-electron chi connectivity index (χ3n) is 4.50. The molecule has 23 heavy (non-hydrogen) atoms. The van der Waals surface area contributed by atoms with E-state index in [0.717, 1.165) is 0 Å². The normalized spacial score (nSPS) is 10.7. The molecule has 0 nitrogen and oxygen atoms in total. The summed E-state index contributed by atoms with van der Waals surface area (Å²) in [6.07, 6.45) is 10.2. The van der Waals surface area contributed by atoms with Crippen molar-refractivity contribution in [3.05, 3.63) is 83.9 Å². The molecule has 0 bridgehead atoms. The Hall–Kier alpha value is -2.08. The van der Waals surface area contributed by atoms with Crippen molar-refractivity contribution in [1.29, 1.82) is 0 Å². The zero-order valence-corrected chi connectivity index (χ0v) is 14.3. The molecular formula is C23H28. The van der Waals surface area contributed by atoms with E-state index in [1.54, 1.807) is 0 Å².